The molecule has 2 saturated carbocycles. The van der Waals surface area contributed by atoms with Crippen molar-refractivity contribution < 1.29 is 24.2 Å². The van der Waals surface area contributed by atoms with Crippen molar-refractivity contribution in [2.45, 2.75) is 86.2 Å². The molecule has 5 heteroatoms. The number of ether oxygens (including phenoxy) is 2. The van der Waals surface area contributed by atoms with E-state index >= 15 is 0 Å². The summed E-state index contributed by atoms with van der Waals surface area (Å²) in [5, 5.41) is 9.99. The summed E-state index contributed by atoms with van der Waals surface area (Å²) in [7, 11) is 0. The van der Waals surface area contributed by atoms with Gasteiger partial charge < -0.3 is 14.6 Å². The predicted molar refractivity (Wildman–Crippen MR) is 116 cm³/mol. The zero-order valence-corrected chi connectivity index (χ0v) is 19.6. The second-order valence-electron chi connectivity index (χ2n) is 11.2. The second-order valence-corrected chi connectivity index (χ2v) is 11.2. The summed E-state index contributed by atoms with van der Waals surface area (Å²) >= 11 is 0. The molecule has 0 bridgehead atoms. The first-order valence-electron chi connectivity index (χ1n) is 11.6. The van der Waals surface area contributed by atoms with Crippen molar-refractivity contribution in [3.63, 3.8) is 0 Å². The van der Waals surface area contributed by atoms with Gasteiger partial charge in [0.1, 0.15) is 19.3 Å². The van der Waals surface area contributed by atoms with E-state index < -0.39 is 12.1 Å². The average Bonchev–Trinajstić information content (AvgIpc) is 2.63. The minimum atomic E-state index is -0.998. The molecule has 0 aliphatic heterocycles. The molecule has 3 rings (SSSR count). The maximum Gasteiger partial charge on any atom is 0.313 e. The van der Waals surface area contributed by atoms with Crippen LogP contribution in [0.5, 0.6) is 0 Å². The first-order valence-corrected chi connectivity index (χ1v) is 11.6. The van der Waals surface area contributed by atoms with Gasteiger partial charge in [-0.3, -0.25) is 9.59 Å². The molecule has 1 N–H and O–H groups in total. The molecule has 5 nitrogen and oxygen atoms in total. The van der Waals surface area contributed by atoms with Gasteiger partial charge in [-0.05, 0) is 67.1 Å². The topological polar surface area (TPSA) is 72.8 Å². The van der Waals surface area contributed by atoms with Gasteiger partial charge in [-0.25, -0.2) is 0 Å². The zero-order chi connectivity index (χ0) is 22.3. The monoisotopic (exact) mass is 420 g/mol. The van der Waals surface area contributed by atoms with E-state index in [2.05, 4.69) is 33.8 Å². The molecule has 0 aromatic carbocycles. The van der Waals surface area contributed by atoms with E-state index in [0.717, 1.165) is 24.8 Å². The van der Waals surface area contributed by atoms with Crippen LogP contribution in [0.3, 0.4) is 0 Å². The zero-order valence-electron chi connectivity index (χ0n) is 19.6. The molecule has 0 aromatic heterocycles. The van der Waals surface area contributed by atoms with E-state index in [4.69, 9.17) is 9.47 Å². The van der Waals surface area contributed by atoms with Crippen molar-refractivity contribution in [3.05, 3.63) is 11.6 Å². The van der Waals surface area contributed by atoms with E-state index in [1.165, 1.54) is 26.2 Å². The quantitative estimate of drug-likeness (QED) is 0.517. The molecule has 0 unspecified atom stereocenters. The van der Waals surface area contributed by atoms with E-state index in [1.54, 1.807) is 0 Å². The summed E-state index contributed by atoms with van der Waals surface area (Å²) in [6, 6.07) is 0. The molecule has 170 valence electrons. The maximum atomic E-state index is 13.2. The van der Waals surface area contributed by atoms with Crippen LogP contribution in [0.15, 0.2) is 11.6 Å². The number of esters is 2. The van der Waals surface area contributed by atoms with Crippen molar-refractivity contribution in [1.82, 2.24) is 0 Å². The Morgan fingerprint density at radius 2 is 1.73 bits per heavy atom. The predicted octanol–water partition coefficient (Wildman–Crippen LogP) is 4.67. The Hall–Kier alpha value is -1.36. The van der Waals surface area contributed by atoms with Crippen LogP contribution in [0, 0.1) is 34.0 Å². The third-order valence-electron chi connectivity index (χ3n) is 8.76. The van der Waals surface area contributed by atoms with Gasteiger partial charge >= 0.3 is 11.9 Å². The van der Waals surface area contributed by atoms with Crippen LogP contribution in [0.1, 0.15) is 80.1 Å². The average molecular weight is 421 g/mol. The largest absolute Gasteiger partial charge is 0.463 e. The highest BCUT2D eigenvalue weighted by Gasteiger charge is 2.62. The van der Waals surface area contributed by atoms with Crippen molar-refractivity contribution in [2.24, 2.45) is 34.0 Å². The van der Waals surface area contributed by atoms with Crippen LogP contribution < -0.4 is 0 Å². The smallest absolute Gasteiger partial charge is 0.313 e. The van der Waals surface area contributed by atoms with Crippen molar-refractivity contribution >= 4 is 11.9 Å². The highest BCUT2D eigenvalue weighted by Crippen LogP contribution is 2.68. The van der Waals surface area contributed by atoms with Gasteiger partial charge in [0, 0.05) is 6.92 Å². The molecular formula is C25H40O5. The molecule has 30 heavy (non-hydrogen) atoms. The number of aliphatic hydroxyl groups is 1. The fourth-order valence-electron chi connectivity index (χ4n) is 7.49. The van der Waals surface area contributed by atoms with E-state index in [1.807, 2.05) is 6.92 Å². The summed E-state index contributed by atoms with van der Waals surface area (Å²) in [5.41, 5.74) is 1.54. The van der Waals surface area contributed by atoms with Gasteiger partial charge in [0.15, 0.2) is 0 Å². The van der Waals surface area contributed by atoms with Crippen molar-refractivity contribution in [2.75, 3.05) is 13.2 Å². The van der Waals surface area contributed by atoms with Gasteiger partial charge in [0.25, 0.3) is 0 Å². The molecule has 3 aliphatic rings. The lowest BCUT2D eigenvalue weighted by Crippen LogP contribution is -2.58. The third kappa shape index (κ3) is 4.06. The highest BCUT2D eigenvalue weighted by molar-refractivity contribution is 5.77. The Bertz CT molecular complexity index is 710. The van der Waals surface area contributed by atoms with Crippen LogP contribution >= 0.6 is 0 Å². The summed E-state index contributed by atoms with van der Waals surface area (Å²) in [6.07, 6.45) is 8.25. The molecule has 0 radical (unpaired) electrons. The molecule has 0 heterocycles. The Morgan fingerprint density at radius 1 is 1.07 bits per heavy atom. The van der Waals surface area contributed by atoms with E-state index in [0.29, 0.717) is 17.3 Å². The Morgan fingerprint density at radius 3 is 2.40 bits per heavy atom. The lowest BCUT2D eigenvalue weighted by molar-refractivity contribution is -0.174. The highest BCUT2D eigenvalue weighted by atomic mass is 16.6. The van der Waals surface area contributed by atoms with Crippen LogP contribution in [0.2, 0.25) is 0 Å². The molecular weight excluding hydrogens is 380 g/mol. The summed E-state index contributed by atoms with van der Waals surface area (Å²) < 4.78 is 10.4. The van der Waals surface area contributed by atoms with E-state index in [9.17, 15) is 14.7 Å². The Kier molecular flexibility index (Phi) is 6.44. The number of carbonyl (C=O) groups is 2. The van der Waals surface area contributed by atoms with Gasteiger partial charge in [0.05, 0.1) is 5.92 Å². The number of aliphatic hydroxyl groups excluding tert-OH is 1. The van der Waals surface area contributed by atoms with Crippen LogP contribution in [0.25, 0.3) is 0 Å². The lowest BCUT2D eigenvalue weighted by Gasteiger charge is -2.64. The van der Waals surface area contributed by atoms with Gasteiger partial charge in [0.2, 0.25) is 0 Å². The second kappa shape index (κ2) is 8.29. The maximum absolute atomic E-state index is 13.2. The lowest BCUT2D eigenvalue weighted by atomic mass is 9.40. The van der Waals surface area contributed by atoms with Gasteiger partial charge in [-0.15, -0.1) is 0 Å². The number of rotatable bonds is 5. The van der Waals surface area contributed by atoms with Crippen LogP contribution in [-0.4, -0.2) is 36.4 Å². The number of hydrogen-bond donors (Lipinski definition) is 1. The van der Waals surface area contributed by atoms with Crippen LogP contribution in [-0.2, 0) is 19.1 Å². The minimum Gasteiger partial charge on any atom is -0.463 e. The van der Waals surface area contributed by atoms with Crippen LogP contribution in [0.4, 0.5) is 0 Å². The molecule has 6 atom stereocenters. The summed E-state index contributed by atoms with van der Waals surface area (Å²) in [5.74, 6) is 0.151. The molecule has 3 aliphatic carbocycles. The molecule has 2 fully saturated rings. The summed E-state index contributed by atoms with van der Waals surface area (Å²) in [6.45, 7) is 12.6. The number of fused-ring (bicyclic) bond motifs is 3. The minimum absolute atomic E-state index is 0.130. The van der Waals surface area contributed by atoms with E-state index in [-0.39, 0.29) is 35.9 Å². The molecule has 0 aromatic rings. The molecule has 0 amide bonds. The first kappa shape index (κ1) is 23.3. The van der Waals surface area contributed by atoms with Crippen molar-refractivity contribution in [3.8, 4) is 0 Å². The molecule has 0 spiro atoms. The fraction of sp³-hybridized carbons (Fsp3) is 0.840. The Labute approximate surface area is 181 Å². The summed E-state index contributed by atoms with van der Waals surface area (Å²) in [4.78, 5) is 24.1. The third-order valence-corrected chi connectivity index (χ3v) is 8.76. The Balaban J connectivity index is 1.78. The number of hydrogen-bond acceptors (Lipinski definition) is 5. The van der Waals surface area contributed by atoms with Gasteiger partial charge in [-0.2, -0.15) is 0 Å². The normalized spacial score (nSPS) is 38.5. The van der Waals surface area contributed by atoms with Crippen molar-refractivity contribution in [1.29, 1.82) is 0 Å². The SMILES string of the molecule is CC(=O)OC[C@H](O)COC(=O)[C@H]1C(C)=CC[C@@H]2[C@]3(C)CCCC(C)(C)[C@H]3CC[C@]12C. The first-order chi connectivity index (χ1) is 13.9. The number of carbonyl (C=O) groups excluding carboxylic acids is 2. The fourth-order valence-corrected chi connectivity index (χ4v) is 7.49. The number of allylic oxidation sites excluding steroid dienone is 1. The molecule has 0 saturated heterocycles. The standard InChI is InChI=1S/C25H40O5/c1-16-8-9-20-24(5)12-7-11-23(3,4)19(24)10-13-25(20,6)21(16)22(28)30-15-18(27)14-29-17(2)26/h8,18-21,27H,7,9-15H2,1-6H3/t18-,19+,20+,21+,24+,25-/m0/s1. The van der Waals surface area contributed by atoms with Gasteiger partial charge in [-0.1, -0.05) is 45.8 Å².